The fourth-order valence-electron chi connectivity index (χ4n) is 2.12. The molecule has 20 heavy (non-hydrogen) atoms. The lowest BCUT2D eigenvalue weighted by atomic mass is 10.2. The first-order valence-corrected chi connectivity index (χ1v) is 6.79. The molecule has 2 N–H and O–H groups in total. The average Bonchev–Trinajstić information content (AvgIpc) is 2.81. The van der Waals surface area contributed by atoms with E-state index in [9.17, 15) is 4.79 Å². The van der Waals surface area contributed by atoms with Crippen LogP contribution in [0.2, 0.25) is 0 Å². The van der Waals surface area contributed by atoms with Crippen LogP contribution in [0.4, 0.5) is 0 Å². The number of aryl methyl sites for hydroxylation is 1. The Morgan fingerprint density at radius 3 is 2.75 bits per heavy atom. The second-order valence-corrected chi connectivity index (χ2v) is 5.35. The molecule has 0 radical (unpaired) electrons. The quantitative estimate of drug-likeness (QED) is 0.879. The molecule has 0 unspecified atom stereocenters. The van der Waals surface area contributed by atoms with E-state index in [-0.39, 0.29) is 12.1 Å². The van der Waals surface area contributed by atoms with Crippen LogP contribution in [0.15, 0.2) is 23.3 Å². The summed E-state index contributed by atoms with van der Waals surface area (Å²) in [6, 6.07) is 3.69. The molecule has 0 atom stereocenters. The molecule has 0 aromatic carbocycles. The molecule has 0 aliphatic carbocycles. The molecular weight excluding hydrogens is 254 g/mol. The van der Waals surface area contributed by atoms with Crippen molar-refractivity contribution in [1.82, 2.24) is 19.3 Å². The highest BCUT2D eigenvalue weighted by Crippen LogP contribution is 2.05. The molecule has 0 aliphatic rings. The third-order valence-electron chi connectivity index (χ3n) is 3.22. The predicted octanol–water partition coefficient (Wildman–Crippen LogP) is 0.911. The first-order chi connectivity index (χ1) is 9.52. The molecule has 0 bridgehead atoms. The van der Waals surface area contributed by atoms with Gasteiger partial charge in [0.1, 0.15) is 12.2 Å². The molecule has 0 spiro atoms. The Hall–Kier alpha value is -1.95. The van der Waals surface area contributed by atoms with Crippen LogP contribution < -0.4 is 11.3 Å². The van der Waals surface area contributed by atoms with Crippen molar-refractivity contribution in [2.75, 3.05) is 0 Å². The van der Waals surface area contributed by atoms with Crippen molar-refractivity contribution < 1.29 is 0 Å². The largest absolute Gasteiger partial charge is 0.326 e. The molecule has 2 heterocycles. The Bertz CT molecular complexity index is 641. The summed E-state index contributed by atoms with van der Waals surface area (Å²) in [6.45, 7) is 7.61. The lowest BCUT2D eigenvalue weighted by Crippen LogP contribution is -2.28. The maximum absolute atomic E-state index is 12.3. The minimum Gasteiger partial charge on any atom is -0.326 e. The summed E-state index contributed by atoms with van der Waals surface area (Å²) in [5.41, 5.74) is 7.05. The summed E-state index contributed by atoms with van der Waals surface area (Å²) in [5, 5.41) is 4.22. The number of aromatic nitrogens is 4. The second kappa shape index (κ2) is 6.00. The van der Waals surface area contributed by atoms with Gasteiger partial charge in [0, 0.05) is 24.3 Å². The van der Waals surface area contributed by atoms with Crippen LogP contribution in [-0.2, 0) is 19.6 Å². The molecule has 2 aromatic heterocycles. The fraction of sp³-hybridized carbons (Fsp3) is 0.500. The van der Waals surface area contributed by atoms with Gasteiger partial charge in [0.25, 0.3) is 5.56 Å². The molecule has 0 amide bonds. The van der Waals surface area contributed by atoms with Crippen LogP contribution >= 0.6 is 0 Å². The van der Waals surface area contributed by atoms with Crippen molar-refractivity contribution in [3.63, 3.8) is 0 Å². The van der Waals surface area contributed by atoms with E-state index in [0.717, 1.165) is 18.1 Å². The van der Waals surface area contributed by atoms with Gasteiger partial charge in [-0.2, -0.15) is 5.10 Å². The van der Waals surface area contributed by atoms with E-state index in [2.05, 4.69) is 23.9 Å². The van der Waals surface area contributed by atoms with Gasteiger partial charge in [-0.05, 0) is 18.9 Å². The van der Waals surface area contributed by atoms with Crippen molar-refractivity contribution in [2.24, 2.45) is 11.7 Å². The maximum Gasteiger partial charge on any atom is 0.255 e. The zero-order valence-electron chi connectivity index (χ0n) is 12.2. The lowest BCUT2D eigenvalue weighted by Gasteiger charge is -2.13. The topological polar surface area (TPSA) is 78.7 Å². The van der Waals surface area contributed by atoms with Crippen LogP contribution in [0.3, 0.4) is 0 Å². The zero-order valence-corrected chi connectivity index (χ0v) is 12.2. The van der Waals surface area contributed by atoms with Gasteiger partial charge >= 0.3 is 0 Å². The molecule has 6 heteroatoms. The number of hydrogen-bond acceptors (Lipinski definition) is 4. The van der Waals surface area contributed by atoms with Gasteiger partial charge in [0.15, 0.2) is 0 Å². The Kier molecular flexibility index (Phi) is 4.34. The van der Waals surface area contributed by atoms with Crippen molar-refractivity contribution in [2.45, 2.75) is 40.4 Å². The molecule has 0 saturated heterocycles. The van der Waals surface area contributed by atoms with Gasteiger partial charge in [-0.15, -0.1) is 0 Å². The highest BCUT2D eigenvalue weighted by molar-refractivity contribution is 5.16. The third-order valence-corrected chi connectivity index (χ3v) is 3.22. The van der Waals surface area contributed by atoms with Gasteiger partial charge in [-0.3, -0.25) is 4.79 Å². The van der Waals surface area contributed by atoms with E-state index in [1.807, 2.05) is 17.7 Å². The van der Waals surface area contributed by atoms with E-state index in [0.29, 0.717) is 18.0 Å². The predicted molar refractivity (Wildman–Crippen MR) is 77.3 cm³/mol. The van der Waals surface area contributed by atoms with E-state index >= 15 is 0 Å². The van der Waals surface area contributed by atoms with Gasteiger partial charge in [0.2, 0.25) is 0 Å². The minimum absolute atomic E-state index is 0.0494. The second-order valence-electron chi connectivity index (χ2n) is 5.35. The molecule has 108 valence electrons. The van der Waals surface area contributed by atoms with Crippen LogP contribution in [0, 0.1) is 12.8 Å². The SMILES string of the molecule is Cc1ccc(CN)c(=O)n1Cc1ncnn1CC(C)C. The first kappa shape index (κ1) is 14.5. The van der Waals surface area contributed by atoms with Gasteiger partial charge in [-0.1, -0.05) is 19.9 Å². The number of pyridine rings is 1. The first-order valence-electron chi connectivity index (χ1n) is 6.79. The normalized spacial score (nSPS) is 11.2. The van der Waals surface area contributed by atoms with Gasteiger partial charge in [-0.25, -0.2) is 9.67 Å². The zero-order chi connectivity index (χ0) is 14.7. The summed E-state index contributed by atoms with van der Waals surface area (Å²) in [6.07, 6.45) is 1.53. The summed E-state index contributed by atoms with van der Waals surface area (Å²) < 4.78 is 3.55. The summed E-state index contributed by atoms with van der Waals surface area (Å²) in [4.78, 5) is 16.6. The van der Waals surface area contributed by atoms with Crippen molar-refractivity contribution in [3.05, 3.63) is 45.9 Å². The van der Waals surface area contributed by atoms with E-state index < -0.39 is 0 Å². The van der Waals surface area contributed by atoms with E-state index in [1.165, 1.54) is 6.33 Å². The lowest BCUT2D eigenvalue weighted by molar-refractivity contribution is 0.458. The number of rotatable bonds is 5. The summed E-state index contributed by atoms with van der Waals surface area (Å²) >= 11 is 0. The smallest absolute Gasteiger partial charge is 0.255 e. The maximum atomic E-state index is 12.3. The summed E-state index contributed by atoms with van der Waals surface area (Å²) in [7, 11) is 0. The highest BCUT2D eigenvalue weighted by atomic mass is 16.1. The van der Waals surface area contributed by atoms with Crippen LogP contribution in [0.25, 0.3) is 0 Å². The van der Waals surface area contributed by atoms with Crippen LogP contribution in [-0.4, -0.2) is 19.3 Å². The summed E-state index contributed by atoms with van der Waals surface area (Å²) in [5.74, 6) is 1.27. The number of nitrogens with two attached hydrogens (primary N) is 1. The Morgan fingerprint density at radius 2 is 2.10 bits per heavy atom. The average molecular weight is 275 g/mol. The number of hydrogen-bond donors (Lipinski definition) is 1. The molecule has 0 fully saturated rings. The monoisotopic (exact) mass is 275 g/mol. The minimum atomic E-state index is -0.0494. The molecule has 0 saturated carbocycles. The standard InChI is InChI=1S/C14H21N5O/c1-10(2)7-19-13(16-9-17-19)8-18-11(3)4-5-12(6-15)14(18)20/h4-5,9-10H,6-8,15H2,1-3H3. The molecular formula is C14H21N5O. The van der Waals surface area contributed by atoms with Crippen molar-refractivity contribution >= 4 is 0 Å². The van der Waals surface area contributed by atoms with Gasteiger partial charge < -0.3 is 10.3 Å². The molecule has 6 nitrogen and oxygen atoms in total. The Balaban J connectivity index is 2.36. The van der Waals surface area contributed by atoms with E-state index in [4.69, 9.17) is 5.73 Å². The number of nitrogens with zero attached hydrogens (tertiary/aromatic N) is 4. The Labute approximate surface area is 118 Å². The van der Waals surface area contributed by atoms with Crippen LogP contribution in [0.5, 0.6) is 0 Å². The van der Waals surface area contributed by atoms with Crippen molar-refractivity contribution in [1.29, 1.82) is 0 Å². The Morgan fingerprint density at radius 1 is 1.35 bits per heavy atom. The van der Waals surface area contributed by atoms with E-state index in [1.54, 1.807) is 10.6 Å². The highest BCUT2D eigenvalue weighted by Gasteiger charge is 2.11. The van der Waals surface area contributed by atoms with Crippen molar-refractivity contribution in [3.8, 4) is 0 Å². The van der Waals surface area contributed by atoms with Crippen LogP contribution in [0.1, 0.15) is 30.9 Å². The molecule has 2 rings (SSSR count). The molecule has 2 aromatic rings. The third kappa shape index (κ3) is 2.96. The fourth-order valence-corrected chi connectivity index (χ4v) is 2.12. The van der Waals surface area contributed by atoms with Gasteiger partial charge in [0.05, 0.1) is 6.54 Å². The molecule has 0 aliphatic heterocycles.